The third-order valence-corrected chi connectivity index (χ3v) is 2.66. The van der Waals surface area contributed by atoms with Gasteiger partial charge in [0.25, 0.3) is 5.91 Å². The Bertz CT molecular complexity index is 641. The summed E-state index contributed by atoms with van der Waals surface area (Å²) in [6.07, 6.45) is 0. The zero-order chi connectivity index (χ0) is 14.5. The molecule has 0 bridgehead atoms. The van der Waals surface area contributed by atoms with Crippen LogP contribution in [0.2, 0.25) is 5.02 Å². The molecule has 9 heteroatoms. The third-order valence-electron chi connectivity index (χ3n) is 2.33. The van der Waals surface area contributed by atoms with Crippen molar-refractivity contribution < 1.29 is 9.59 Å². The van der Waals surface area contributed by atoms with Crippen LogP contribution in [0.15, 0.2) is 24.3 Å². The summed E-state index contributed by atoms with van der Waals surface area (Å²) in [6, 6.07) is 6.43. The van der Waals surface area contributed by atoms with Gasteiger partial charge in [-0.25, -0.2) is 4.79 Å². The molecule has 0 spiro atoms. The maximum atomic E-state index is 11.5. The molecule has 20 heavy (non-hydrogen) atoms. The van der Waals surface area contributed by atoms with Gasteiger partial charge in [-0.1, -0.05) is 23.7 Å². The predicted molar refractivity (Wildman–Crippen MR) is 70.9 cm³/mol. The van der Waals surface area contributed by atoms with E-state index in [1.54, 1.807) is 24.3 Å². The van der Waals surface area contributed by atoms with Crippen LogP contribution in [0.3, 0.4) is 0 Å². The van der Waals surface area contributed by atoms with E-state index in [4.69, 9.17) is 11.6 Å². The molecule has 0 radical (unpaired) electrons. The Balaban J connectivity index is 2.08. The first-order chi connectivity index (χ1) is 9.60. The third kappa shape index (κ3) is 3.29. The van der Waals surface area contributed by atoms with E-state index in [0.717, 1.165) is 4.80 Å². The number of urea groups is 1. The summed E-state index contributed by atoms with van der Waals surface area (Å²) >= 11 is 6.01. The number of imide groups is 1. The van der Waals surface area contributed by atoms with Gasteiger partial charge < -0.3 is 5.32 Å². The Labute approximate surface area is 119 Å². The van der Waals surface area contributed by atoms with Crippen molar-refractivity contribution in [3.05, 3.63) is 29.3 Å². The van der Waals surface area contributed by atoms with E-state index >= 15 is 0 Å². The number of nitrogens with zero attached hydrogens (tertiary/aromatic N) is 4. The number of hydrogen-bond donors (Lipinski definition) is 2. The lowest BCUT2D eigenvalue weighted by Gasteiger charge is -2.01. The highest BCUT2D eigenvalue weighted by atomic mass is 35.5. The number of halogens is 1. The SMILES string of the molecule is CNC(=O)NC(=O)Cn1nnc(-c2ccccc2Cl)n1. The van der Waals surface area contributed by atoms with Gasteiger partial charge in [-0.3, -0.25) is 10.1 Å². The van der Waals surface area contributed by atoms with E-state index in [-0.39, 0.29) is 6.54 Å². The molecular weight excluding hydrogens is 284 g/mol. The van der Waals surface area contributed by atoms with Crippen molar-refractivity contribution in [3.63, 3.8) is 0 Å². The van der Waals surface area contributed by atoms with Crippen molar-refractivity contribution in [1.82, 2.24) is 30.8 Å². The number of nitrogens with one attached hydrogen (secondary N) is 2. The average Bonchev–Trinajstić information content (AvgIpc) is 2.87. The number of aromatic nitrogens is 4. The van der Waals surface area contributed by atoms with Crippen LogP contribution in [-0.2, 0) is 11.3 Å². The molecule has 0 saturated carbocycles. The summed E-state index contributed by atoms with van der Waals surface area (Å²) in [5, 5.41) is 16.4. The minimum Gasteiger partial charge on any atom is -0.341 e. The number of carbonyl (C=O) groups is 2. The molecule has 2 rings (SSSR count). The molecule has 0 fully saturated rings. The molecule has 1 aromatic heterocycles. The highest BCUT2D eigenvalue weighted by Gasteiger charge is 2.12. The molecule has 0 aliphatic rings. The summed E-state index contributed by atoms with van der Waals surface area (Å²) in [7, 11) is 1.41. The standard InChI is InChI=1S/C11H11ClN6O2/c1-13-11(20)14-9(19)6-18-16-10(15-17-18)7-4-2-3-5-8(7)12/h2-5H,6H2,1H3,(H2,13,14,19,20). The molecule has 104 valence electrons. The second-order valence-corrected chi connectivity index (χ2v) is 4.16. The normalized spacial score (nSPS) is 10.1. The van der Waals surface area contributed by atoms with Gasteiger partial charge in [0.05, 0.1) is 5.02 Å². The molecule has 1 heterocycles. The Morgan fingerprint density at radius 3 is 2.80 bits per heavy atom. The first-order valence-electron chi connectivity index (χ1n) is 5.64. The summed E-state index contributed by atoms with van der Waals surface area (Å²) in [5.74, 6) is -0.240. The van der Waals surface area contributed by atoms with E-state index < -0.39 is 11.9 Å². The molecule has 0 saturated heterocycles. The maximum absolute atomic E-state index is 11.5. The van der Waals surface area contributed by atoms with Crippen molar-refractivity contribution in [2.75, 3.05) is 7.05 Å². The minimum absolute atomic E-state index is 0.217. The van der Waals surface area contributed by atoms with Crippen LogP contribution in [0.4, 0.5) is 4.79 Å². The summed E-state index contributed by atoms with van der Waals surface area (Å²) in [6.45, 7) is -0.217. The van der Waals surface area contributed by atoms with Gasteiger partial charge in [0.1, 0.15) is 6.54 Å². The van der Waals surface area contributed by atoms with Gasteiger partial charge in [-0.05, 0) is 17.3 Å². The summed E-state index contributed by atoms with van der Waals surface area (Å²) < 4.78 is 0. The van der Waals surface area contributed by atoms with Crippen LogP contribution in [0.1, 0.15) is 0 Å². The monoisotopic (exact) mass is 294 g/mol. The topological polar surface area (TPSA) is 102 Å². The Hall–Kier alpha value is -2.48. The van der Waals surface area contributed by atoms with Crippen molar-refractivity contribution in [3.8, 4) is 11.4 Å². The van der Waals surface area contributed by atoms with Crippen LogP contribution in [0, 0.1) is 0 Å². The predicted octanol–water partition coefficient (Wildman–Crippen LogP) is 0.449. The van der Waals surface area contributed by atoms with Gasteiger partial charge in [0, 0.05) is 12.6 Å². The molecule has 8 nitrogen and oxygen atoms in total. The number of benzene rings is 1. The summed E-state index contributed by atoms with van der Waals surface area (Å²) in [4.78, 5) is 23.5. The Morgan fingerprint density at radius 1 is 1.35 bits per heavy atom. The summed E-state index contributed by atoms with van der Waals surface area (Å²) in [5.41, 5.74) is 0.618. The van der Waals surface area contributed by atoms with Gasteiger partial charge >= 0.3 is 6.03 Å². The average molecular weight is 295 g/mol. The number of carbonyl (C=O) groups excluding carboxylic acids is 2. The lowest BCUT2D eigenvalue weighted by molar-refractivity contribution is -0.121. The second kappa shape index (κ2) is 6.11. The van der Waals surface area contributed by atoms with Crippen molar-refractivity contribution >= 4 is 23.5 Å². The minimum atomic E-state index is -0.596. The second-order valence-electron chi connectivity index (χ2n) is 3.75. The molecule has 2 aromatic rings. The van der Waals surface area contributed by atoms with Crippen LogP contribution in [0.25, 0.3) is 11.4 Å². The number of tetrazole rings is 1. The molecule has 0 aliphatic heterocycles. The number of amides is 3. The smallest absolute Gasteiger partial charge is 0.321 e. The van der Waals surface area contributed by atoms with E-state index in [1.807, 2.05) is 0 Å². The Morgan fingerprint density at radius 2 is 2.10 bits per heavy atom. The lowest BCUT2D eigenvalue weighted by atomic mass is 10.2. The van der Waals surface area contributed by atoms with Gasteiger partial charge in [0.15, 0.2) is 0 Å². The fourth-order valence-electron chi connectivity index (χ4n) is 1.42. The van der Waals surface area contributed by atoms with Gasteiger partial charge in [-0.2, -0.15) is 4.80 Å². The molecule has 0 aliphatic carbocycles. The van der Waals surface area contributed by atoms with E-state index in [0.29, 0.717) is 16.4 Å². The molecule has 2 N–H and O–H groups in total. The number of hydrogen-bond acceptors (Lipinski definition) is 5. The molecule has 3 amide bonds. The van der Waals surface area contributed by atoms with E-state index in [2.05, 4.69) is 26.0 Å². The van der Waals surface area contributed by atoms with Crippen LogP contribution in [-0.4, -0.2) is 39.2 Å². The van der Waals surface area contributed by atoms with Crippen molar-refractivity contribution in [2.24, 2.45) is 0 Å². The highest BCUT2D eigenvalue weighted by Crippen LogP contribution is 2.23. The van der Waals surface area contributed by atoms with Crippen LogP contribution < -0.4 is 10.6 Å². The van der Waals surface area contributed by atoms with Crippen LogP contribution >= 0.6 is 11.6 Å². The molecule has 0 atom stereocenters. The fourth-order valence-corrected chi connectivity index (χ4v) is 1.64. The highest BCUT2D eigenvalue weighted by molar-refractivity contribution is 6.33. The van der Waals surface area contributed by atoms with Crippen molar-refractivity contribution in [1.29, 1.82) is 0 Å². The fraction of sp³-hybridized carbons (Fsp3) is 0.182. The Kier molecular flexibility index (Phi) is 4.26. The quantitative estimate of drug-likeness (QED) is 0.855. The number of rotatable bonds is 3. The largest absolute Gasteiger partial charge is 0.341 e. The van der Waals surface area contributed by atoms with Crippen molar-refractivity contribution in [2.45, 2.75) is 6.54 Å². The van der Waals surface area contributed by atoms with Gasteiger partial charge in [-0.15, -0.1) is 10.2 Å². The van der Waals surface area contributed by atoms with E-state index in [9.17, 15) is 9.59 Å². The zero-order valence-corrected chi connectivity index (χ0v) is 11.3. The van der Waals surface area contributed by atoms with E-state index in [1.165, 1.54) is 7.05 Å². The van der Waals surface area contributed by atoms with Crippen LogP contribution in [0.5, 0.6) is 0 Å². The first-order valence-corrected chi connectivity index (χ1v) is 6.02. The maximum Gasteiger partial charge on any atom is 0.321 e. The molecule has 0 unspecified atom stereocenters. The first kappa shape index (κ1) is 13.9. The lowest BCUT2D eigenvalue weighted by Crippen LogP contribution is -2.39. The molecule has 1 aromatic carbocycles. The zero-order valence-electron chi connectivity index (χ0n) is 10.5. The van der Waals surface area contributed by atoms with Gasteiger partial charge in [0.2, 0.25) is 5.82 Å². The molecular formula is C11H11ClN6O2.